The van der Waals surface area contributed by atoms with Gasteiger partial charge in [0.1, 0.15) is 17.1 Å². The Bertz CT molecular complexity index is 2150. The van der Waals surface area contributed by atoms with E-state index in [1.54, 1.807) is 24.3 Å². The molecule has 0 fully saturated rings. The molecule has 0 bridgehead atoms. The zero-order valence-corrected chi connectivity index (χ0v) is 25.9. The first-order valence-corrected chi connectivity index (χ1v) is 14.6. The molecule has 0 aromatic heterocycles. The number of esters is 2. The van der Waals surface area contributed by atoms with E-state index < -0.39 is 32.4 Å². The lowest BCUT2D eigenvalue weighted by molar-refractivity contribution is -0.385. The van der Waals surface area contributed by atoms with Gasteiger partial charge in [-0.15, -0.1) is 0 Å². The van der Waals surface area contributed by atoms with Gasteiger partial charge in [0.2, 0.25) is 0 Å². The largest absolute Gasteiger partial charge is 0.423 e. The van der Waals surface area contributed by atoms with Crippen molar-refractivity contribution in [3.05, 3.63) is 168 Å². The van der Waals surface area contributed by atoms with E-state index in [9.17, 15) is 39.9 Å². The highest BCUT2D eigenvalue weighted by atomic mass is 16.6. The summed E-state index contributed by atoms with van der Waals surface area (Å²) in [6, 6.07) is 26.8. The molecule has 0 unspecified atom stereocenters. The van der Waals surface area contributed by atoms with Crippen LogP contribution in [-0.2, 0) is 0 Å². The summed E-state index contributed by atoms with van der Waals surface area (Å²) in [4.78, 5) is 57.1. The zero-order chi connectivity index (χ0) is 36.3. The van der Waals surface area contributed by atoms with E-state index in [0.717, 1.165) is 12.1 Å². The monoisotopic (exact) mass is 689 g/mol. The molecule has 5 aromatic rings. The average molecular weight is 690 g/mol. The molecule has 0 heterocycles. The summed E-state index contributed by atoms with van der Waals surface area (Å²) in [6.45, 7) is 0. The van der Waals surface area contributed by atoms with Gasteiger partial charge in [-0.3, -0.25) is 41.2 Å². The highest BCUT2D eigenvalue weighted by molar-refractivity contribution is 5.98. The van der Waals surface area contributed by atoms with E-state index in [4.69, 9.17) is 9.47 Å². The van der Waals surface area contributed by atoms with Gasteiger partial charge in [-0.1, -0.05) is 0 Å². The number of nitro benzene ring substituents is 3. The van der Waals surface area contributed by atoms with E-state index in [-0.39, 0.29) is 34.0 Å². The minimum Gasteiger partial charge on any atom is -0.423 e. The normalized spacial score (nSPS) is 10.8. The number of nitrogens with zero attached hydrogens (tertiary/aromatic N) is 5. The number of hydrogen-bond donors (Lipinski definition) is 2. The number of rotatable bonds is 13. The molecule has 0 aliphatic heterocycles. The number of ether oxygens (including phenoxy) is 2. The minimum absolute atomic E-state index is 0.0520. The Morgan fingerprint density at radius 1 is 0.549 bits per heavy atom. The zero-order valence-electron chi connectivity index (χ0n) is 25.9. The number of non-ortho nitro benzene ring substituents is 2. The van der Waals surface area contributed by atoms with Gasteiger partial charge in [-0.2, -0.15) is 10.2 Å². The fraction of sp³-hybridized carbons (Fsp3) is 0. The van der Waals surface area contributed by atoms with Crippen molar-refractivity contribution in [2.45, 2.75) is 0 Å². The van der Waals surface area contributed by atoms with Crippen molar-refractivity contribution in [2.24, 2.45) is 10.2 Å². The number of carbonyl (C=O) groups is 2. The van der Waals surface area contributed by atoms with Gasteiger partial charge in [0, 0.05) is 30.3 Å². The first kappa shape index (κ1) is 34.5. The molecule has 17 nitrogen and oxygen atoms in total. The number of carbonyl (C=O) groups excluding carboxylic acids is 2. The molecule has 0 saturated carbocycles. The molecule has 0 spiro atoms. The number of anilines is 2. The molecule has 5 rings (SSSR count). The molecule has 0 atom stereocenters. The summed E-state index contributed by atoms with van der Waals surface area (Å²) in [7, 11) is 0. The summed E-state index contributed by atoms with van der Waals surface area (Å²) in [5, 5.41) is 41.4. The van der Waals surface area contributed by atoms with Crippen LogP contribution in [0.5, 0.6) is 11.5 Å². The van der Waals surface area contributed by atoms with E-state index in [1.807, 2.05) is 0 Å². The Hall–Kier alpha value is -7.82. The Kier molecular flexibility index (Phi) is 10.7. The molecular formula is C34H23N7O10. The average Bonchev–Trinajstić information content (AvgIpc) is 3.13. The number of benzene rings is 5. The number of nitro groups is 3. The predicted octanol–water partition coefficient (Wildman–Crippen LogP) is 6.74. The van der Waals surface area contributed by atoms with Crippen LogP contribution >= 0.6 is 0 Å². The quantitative estimate of drug-likeness (QED) is 0.0430. The molecule has 5 aromatic carbocycles. The van der Waals surface area contributed by atoms with Crippen LogP contribution in [0.2, 0.25) is 0 Å². The second kappa shape index (κ2) is 15.8. The van der Waals surface area contributed by atoms with Crippen LogP contribution in [0, 0.1) is 30.3 Å². The smallest absolute Gasteiger partial charge is 0.350 e. The second-order valence-corrected chi connectivity index (χ2v) is 10.3. The summed E-state index contributed by atoms with van der Waals surface area (Å²) in [5.74, 6) is -1.70. The lowest BCUT2D eigenvalue weighted by Gasteiger charge is -2.08. The molecule has 2 N–H and O–H groups in total. The van der Waals surface area contributed by atoms with Crippen LogP contribution in [-0.4, -0.2) is 39.1 Å². The van der Waals surface area contributed by atoms with Crippen LogP contribution in [0.15, 0.2) is 125 Å². The number of nitrogens with one attached hydrogen (secondary N) is 2. The van der Waals surface area contributed by atoms with E-state index in [2.05, 4.69) is 21.1 Å². The van der Waals surface area contributed by atoms with Crippen molar-refractivity contribution in [1.29, 1.82) is 0 Å². The molecule has 51 heavy (non-hydrogen) atoms. The SMILES string of the molecule is O=C(Oc1ccc(/C=N/Nc2ccc([N+](=O)[O-])cc2)cc1)c1ccc(C(=O)Oc2ccc(/C=N/Nc3ccc([N+](=O)[O-])cc3)cc2)c([N+](=O)[O-])c1. The summed E-state index contributed by atoms with van der Waals surface area (Å²) >= 11 is 0. The van der Waals surface area contributed by atoms with Crippen molar-refractivity contribution in [3.8, 4) is 11.5 Å². The maximum atomic E-state index is 12.9. The minimum atomic E-state index is -1.02. The molecule has 0 amide bonds. The summed E-state index contributed by atoms with van der Waals surface area (Å²) in [5.41, 5.74) is 6.42. The maximum absolute atomic E-state index is 12.9. The van der Waals surface area contributed by atoms with Gasteiger partial charge in [0.15, 0.2) is 0 Å². The number of hydrazone groups is 2. The van der Waals surface area contributed by atoms with Gasteiger partial charge in [0.05, 0.1) is 44.1 Å². The molecule has 0 radical (unpaired) electrons. The lowest BCUT2D eigenvalue weighted by Crippen LogP contribution is -2.14. The van der Waals surface area contributed by atoms with Gasteiger partial charge in [-0.05, 0) is 96.1 Å². The first-order valence-electron chi connectivity index (χ1n) is 14.6. The Balaban J connectivity index is 1.16. The van der Waals surface area contributed by atoms with Crippen LogP contribution in [0.1, 0.15) is 31.8 Å². The highest BCUT2D eigenvalue weighted by Gasteiger charge is 2.25. The van der Waals surface area contributed by atoms with E-state index in [1.165, 1.54) is 91.3 Å². The van der Waals surface area contributed by atoms with Crippen molar-refractivity contribution in [1.82, 2.24) is 0 Å². The molecular weight excluding hydrogens is 666 g/mol. The molecule has 0 aliphatic carbocycles. The number of hydrogen-bond acceptors (Lipinski definition) is 14. The molecule has 254 valence electrons. The third-order valence-corrected chi connectivity index (χ3v) is 6.80. The first-order chi connectivity index (χ1) is 24.5. The van der Waals surface area contributed by atoms with Gasteiger partial charge >= 0.3 is 11.9 Å². The summed E-state index contributed by atoms with van der Waals surface area (Å²) < 4.78 is 10.6. The predicted molar refractivity (Wildman–Crippen MR) is 185 cm³/mol. The highest BCUT2D eigenvalue weighted by Crippen LogP contribution is 2.25. The molecule has 0 saturated heterocycles. The fourth-order valence-electron chi connectivity index (χ4n) is 4.23. The van der Waals surface area contributed by atoms with Crippen molar-refractivity contribution in [2.75, 3.05) is 10.9 Å². The van der Waals surface area contributed by atoms with Gasteiger partial charge in [-0.25, -0.2) is 9.59 Å². The third-order valence-electron chi connectivity index (χ3n) is 6.80. The molecule has 17 heteroatoms. The van der Waals surface area contributed by atoms with Crippen LogP contribution < -0.4 is 20.3 Å². The standard InChI is InChI=1S/C34H23N7O10/c42-33(50-29-14-1-22(2-15-29)20-35-37-25-6-10-27(11-7-25)39(44)45)24-5-18-31(32(19-24)41(48)49)34(43)51-30-16-3-23(4-17-30)21-36-38-26-8-12-28(13-9-26)40(46)47/h1-21,37-38H/b35-20+,36-21+. The fourth-order valence-corrected chi connectivity index (χ4v) is 4.23. The van der Waals surface area contributed by atoms with Crippen LogP contribution in [0.25, 0.3) is 0 Å². The Morgan fingerprint density at radius 2 is 0.980 bits per heavy atom. The molecule has 0 aliphatic rings. The topological polar surface area (TPSA) is 231 Å². The Morgan fingerprint density at radius 3 is 1.39 bits per heavy atom. The lowest BCUT2D eigenvalue weighted by atomic mass is 10.1. The van der Waals surface area contributed by atoms with Crippen LogP contribution in [0.3, 0.4) is 0 Å². The van der Waals surface area contributed by atoms with Crippen molar-refractivity contribution in [3.63, 3.8) is 0 Å². The van der Waals surface area contributed by atoms with Crippen molar-refractivity contribution >= 4 is 52.8 Å². The van der Waals surface area contributed by atoms with Gasteiger partial charge < -0.3 is 9.47 Å². The van der Waals surface area contributed by atoms with E-state index >= 15 is 0 Å². The van der Waals surface area contributed by atoms with Crippen LogP contribution in [0.4, 0.5) is 28.4 Å². The van der Waals surface area contributed by atoms with Crippen molar-refractivity contribution < 1.29 is 33.8 Å². The van der Waals surface area contributed by atoms with E-state index in [0.29, 0.717) is 22.5 Å². The summed E-state index contributed by atoms with van der Waals surface area (Å²) in [6.07, 6.45) is 2.93. The third kappa shape index (κ3) is 9.39. The van der Waals surface area contributed by atoms with Gasteiger partial charge in [0.25, 0.3) is 17.1 Å². The second-order valence-electron chi connectivity index (χ2n) is 10.3. The maximum Gasteiger partial charge on any atom is 0.350 e. The Labute approximate surface area is 286 Å².